The van der Waals surface area contributed by atoms with Crippen LogP contribution in [0.15, 0.2) is 0 Å². The van der Waals surface area contributed by atoms with Gasteiger partial charge in [0.05, 0.1) is 12.0 Å². The molecular weight excluding hydrogens is 190 g/mol. The minimum atomic E-state index is 0.0777. The average molecular weight is 209 g/mol. The zero-order valence-corrected chi connectivity index (χ0v) is 9.57. The summed E-state index contributed by atoms with van der Waals surface area (Å²) in [6.45, 7) is 7.92. The number of nitriles is 1. The van der Waals surface area contributed by atoms with E-state index in [9.17, 15) is 4.79 Å². The highest BCUT2D eigenvalue weighted by atomic mass is 16.2. The van der Waals surface area contributed by atoms with Gasteiger partial charge in [0.1, 0.15) is 0 Å². The Bertz CT molecular complexity index is 259. The van der Waals surface area contributed by atoms with Crippen LogP contribution in [0.25, 0.3) is 0 Å². The first-order valence-electron chi connectivity index (χ1n) is 5.51. The average Bonchev–Trinajstić information content (AvgIpc) is 2.43. The maximum absolute atomic E-state index is 11.2. The molecule has 1 fully saturated rings. The van der Waals surface area contributed by atoms with Crippen LogP contribution in [0.1, 0.15) is 20.3 Å². The molecule has 0 aromatic carbocycles. The van der Waals surface area contributed by atoms with Crippen molar-refractivity contribution in [3.63, 3.8) is 0 Å². The molecule has 0 saturated carbocycles. The smallest absolute Gasteiger partial charge is 0.219 e. The Labute approximate surface area is 91.5 Å². The number of hydrogen-bond acceptors (Lipinski definition) is 3. The molecule has 1 amide bonds. The number of hydrogen-bond donors (Lipinski definition) is 0. The summed E-state index contributed by atoms with van der Waals surface area (Å²) >= 11 is 0. The van der Waals surface area contributed by atoms with Crippen LogP contribution < -0.4 is 0 Å². The second kappa shape index (κ2) is 5.72. The fourth-order valence-electron chi connectivity index (χ4n) is 1.90. The van der Waals surface area contributed by atoms with Gasteiger partial charge in [-0.3, -0.25) is 4.79 Å². The molecule has 1 unspecified atom stereocenters. The fraction of sp³-hybridized carbons (Fsp3) is 0.818. The molecule has 0 N–H and O–H groups in total. The van der Waals surface area contributed by atoms with E-state index in [-0.39, 0.29) is 11.8 Å². The second-order valence-electron chi connectivity index (χ2n) is 4.19. The van der Waals surface area contributed by atoms with Crippen molar-refractivity contribution in [3.8, 4) is 6.07 Å². The van der Waals surface area contributed by atoms with Crippen LogP contribution in [-0.4, -0.2) is 48.4 Å². The quantitative estimate of drug-likeness (QED) is 0.672. The number of carbonyl (C=O) groups excluding carboxylic acids is 1. The maximum Gasteiger partial charge on any atom is 0.219 e. The Hall–Kier alpha value is -1.08. The predicted molar refractivity (Wildman–Crippen MR) is 58.1 cm³/mol. The molecule has 1 saturated heterocycles. The van der Waals surface area contributed by atoms with E-state index in [0.29, 0.717) is 0 Å². The van der Waals surface area contributed by atoms with Gasteiger partial charge in [0, 0.05) is 33.1 Å². The van der Waals surface area contributed by atoms with E-state index in [1.807, 2.05) is 11.8 Å². The molecule has 1 heterocycles. The lowest BCUT2D eigenvalue weighted by Gasteiger charge is -2.21. The highest BCUT2D eigenvalue weighted by molar-refractivity contribution is 5.73. The summed E-state index contributed by atoms with van der Waals surface area (Å²) in [4.78, 5) is 15.4. The van der Waals surface area contributed by atoms with Gasteiger partial charge in [-0.05, 0) is 19.9 Å². The van der Waals surface area contributed by atoms with Crippen LogP contribution in [0.2, 0.25) is 0 Å². The normalized spacial score (nSPS) is 20.5. The molecule has 84 valence electrons. The lowest BCUT2D eigenvalue weighted by Crippen LogP contribution is -2.35. The summed E-state index contributed by atoms with van der Waals surface area (Å²) in [5.41, 5.74) is 0. The van der Waals surface area contributed by atoms with Gasteiger partial charge in [-0.15, -0.1) is 0 Å². The molecule has 0 aromatic heterocycles. The Morgan fingerprint density at radius 2 is 2.13 bits per heavy atom. The Morgan fingerprint density at radius 3 is 2.73 bits per heavy atom. The Kier molecular flexibility index (Phi) is 4.57. The van der Waals surface area contributed by atoms with Crippen LogP contribution >= 0.6 is 0 Å². The van der Waals surface area contributed by atoms with Gasteiger partial charge in [0.25, 0.3) is 0 Å². The van der Waals surface area contributed by atoms with Gasteiger partial charge in [-0.1, -0.05) is 0 Å². The van der Waals surface area contributed by atoms with Crippen LogP contribution in [0, 0.1) is 17.2 Å². The van der Waals surface area contributed by atoms with Gasteiger partial charge in [0.15, 0.2) is 0 Å². The lowest BCUT2D eigenvalue weighted by atomic mass is 10.2. The highest BCUT2D eigenvalue weighted by Crippen LogP contribution is 2.06. The SMILES string of the molecule is CC(=O)N1CCCN(CC(C)C#N)CC1. The topological polar surface area (TPSA) is 47.3 Å². The molecule has 0 spiro atoms. The minimum Gasteiger partial charge on any atom is -0.342 e. The Morgan fingerprint density at radius 1 is 1.40 bits per heavy atom. The van der Waals surface area contributed by atoms with Crippen molar-refractivity contribution in [3.05, 3.63) is 0 Å². The molecular formula is C11H19N3O. The van der Waals surface area contributed by atoms with Crippen molar-refractivity contribution < 1.29 is 4.79 Å². The van der Waals surface area contributed by atoms with Crippen molar-refractivity contribution >= 4 is 5.91 Å². The number of amides is 1. The molecule has 4 nitrogen and oxygen atoms in total. The van der Waals surface area contributed by atoms with Gasteiger partial charge < -0.3 is 9.80 Å². The van der Waals surface area contributed by atoms with Crippen molar-refractivity contribution in [1.29, 1.82) is 5.26 Å². The zero-order valence-electron chi connectivity index (χ0n) is 9.57. The van der Waals surface area contributed by atoms with Crippen molar-refractivity contribution in [2.45, 2.75) is 20.3 Å². The van der Waals surface area contributed by atoms with Gasteiger partial charge in [0.2, 0.25) is 5.91 Å². The molecule has 1 rings (SSSR count). The van der Waals surface area contributed by atoms with E-state index >= 15 is 0 Å². The molecule has 4 heteroatoms. The maximum atomic E-state index is 11.2. The number of nitrogens with zero attached hydrogens (tertiary/aromatic N) is 3. The van der Waals surface area contributed by atoms with Crippen molar-refractivity contribution in [2.75, 3.05) is 32.7 Å². The summed E-state index contributed by atoms with van der Waals surface area (Å²) in [7, 11) is 0. The minimum absolute atomic E-state index is 0.0777. The van der Waals surface area contributed by atoms with Gasteiger partial charge in [-0.25, -0.2) is 0 Å². The third-order valence-electron chi connectivity index (χ3n) is 2.79. The van der Waals surface area contributed by atoms with Crippen molar-refractivity contribution in [1.82, 2.24) is 9.80 Å². The molecule has 15 heavy (non-hydrogen) atoms. The standard InChI is InChI=1S/C11H19N3O/c1-10(8-12)9-13-4-3-5-14(7-6-13)11(2)15/h10H,3-7,9H2,1-2H3. The van der Waals surface area contributed by atoms with Gasteiger partial charge >= 0.3 is 0 Å². The monoisotopic (exact) mass is 209 g/mol. The number of rotatable bonds is 2. The second-order valence-corrected chi connectivity index (χ2v) is 4.19. The highest BCUT2D eigenvalue weighted by Gasteiger charge is 2.17. The number of carbonyl (C=O) groups is 1. The van der Waals surface area contributed by atoms with E-state index < -0.39 is 0 Å². The largest absolute Gasteiger partial charge is 0.342 e. The molecule has 1 atom stereocenters. The van der Waals surface area contributed by atoms with E-state index in [1.54, 1.807) is 6.92 Å². The molecule has 0 bridgehead atoms. The summed E-state index contributed by atoms with van der Waals surface area (Å²) in [6, 6.07) is 2.24. The fourth-order valence-corrected chi connectivity index (χ4v) is 1.90. The third kappa shape index (κ3) is 3.88. The van der Waals surface area contributed by atoms with Crippen LogP contribution in [0.3, 0.4) is 0 Å². The van der Waals surface area contributed by atoms with Crippen molar-refractivity contribution in [2.24, 2.45) is 5.92 Å². The van der Waals surface area contributed by atoms with E-state index in [1.165, 1.54) is 0 Å². The zero-order chi connectivity index (χ0) is 11.3. The molecule has 0 aliphatic carbocycles. The Balaban J connectivity index is 2.39. The first-order valence-corrected chi connectivity index (χ1v) is 5.51. The van der Waals surface area contributed by atoms with Crippen LogP contribution in [0.5, 0.6) is 0 Å². The van der Waals surface area contributed by atoms with E-state index in [4.69, 9.17) is 5.26 Å². The lowest BCUT2D eigenvalue weighted by molar-refractivity contribution is -0.128. The van der Waals surface area contributed by atoms with Crippen LogP contribution in [-0.2, 0) is 4.79 Å². The summed E-state index contributed by atoms with van der Waals surface area (Å²) in [6.07, 6.45) is 1.01. The summed E-state index contributed by atoms with van der Waals surface area (Å²) in [5.74, 6) is 0.235. The molecule has 0 aromatic rings. The molecule has 0 radical (unpaired) electrons. The van der Waals surface area contributed by atoms with E-state index in [0.717, 1.165) is 39.1 Å². The predicted octanol–water partition coefficient (Wildman–Crippen LogP) is 0.700. The molecule has 1 aliphatic heterocycles. The first-order chi connectivity index (χ1) is 7.13. The third-order valence-corrected chi connectivity index (χ3v) is 2.79. The first kappa shape index (κ1) is 12.0. The van der Waals surface area contributed by atoms with E-state index in [2.05, 4.69) is 11.0 Å². The van der Waals surface area contributed by atoms with Gasteiger partial charge in [-0.2, -0.15) is 5.26 Å². The summed E-state index contributed by atoms with van der Waals surface area (Å²) < 4.78 is 0. The molecule has 1 aliphatic rings. The summed E-state index contributed by atoms with van der Waals surface area (Å²) in [5, 5.41) is 8.73. The van der Waals surface area contributed by atoms with Crippen LogP contribution in [0.4, 0.5) is 0 Å².